The number of nitrogens with zero attached hydrogens (tertiary/aromatic N) is 4. The molecule has 0 aliphatic carbocycles. The van der Waals surface area contributed by atoms with E-state index in [9.17, 15) is 13.6 Å². The van der Waals surface area contributed by atoms with E-state index >= 15 is 0 Å². The standard InChI is InChI=1S/C26H25F2N5O3/c1-33-13-18(11-30-33)25(16-3-4-23(35-2)21(28)8-16)32-26(34)17-9-20(27)19-12-29-24(31-22(19)10-17)7-15-5-6-36-14-15/h3-4,8-13,15,25H,5-7,14H2,1-2H3,(H,32,34)/t15-,25+/m1/s1. The minimum absolute atomic E-state index is 0.0891. The van der Waals surface area contributed by atoms with E-state index in [1.54, 1.807) is 36.3 Å². The second-order valence-electron chi connectivity index (χ2n) is 8.86. The first-order valence-corrected chi connectivity index (χ1v) is 11.6. The van der Waals surface area contributed by atoms with Gasteiger partial charge in [-0.05, 0) is 42.2 Å². The minimum atomic E-state index is -0.728. The highest BCUT2D eigenvalue weighted by Gasteiger charge is 2.23. The van der Waals surface area contributed by atoms with Gasteiger partial charge in [0.05, 0.1) is 30.3 Å². The molecule has 1 amide bonds. The van der Waals surface area contributed by atoms with E-state index in [0.717, 1.165) is 12.5 Å². The molecule has 1 fully saturated rings. The van der Waals surface area contributed by atoms with Crippen molar-refractivity contribution in [1.82, 2.24) is 25.1 Å². The lowest BCUT2D eigenvalue weighted by molar-refractivity contribution is 0.0942. The number of methoxy groups -OCH3 is 1. The summed E-state index contributed by atoms with van der Waals surface area (Å²) in [5.74, 6) is -0.703. The number of carbonyl (C=O) groups excluding carboxylic acids is 1. The normalized spacial score (nSPS) is 16.3. The van der Waals surface area contributed by atoms with Crippen molar-refractivity contribution in [2.45, 2.75) is 18.9 Å². The Kier molecular flexibility index (Phi) is 6.60. The summed E-state index contributed by atoms with van der Waals surface area (Å²) >= 11 is 0. The summed E-state index contributed by atoms with van der Waals surface area (Å²) in [7, 11) is 3.12. The number of amides is 1. The third-order valence-corrected chi connectivity index (χ3v) is 6.30. The molecule has 2 atom stereocenters. The predicted molar refractivity (Wildman–Crippen MR) is 128 cm³/mol. The fourth-order valence-electron chi connectivity index (χ4n) is 4.39. The van der Waals surface area contributed by atoms with Crippen LogP contribution >= 0.6 is 0 Å². The second-order valence-corrected chi connectivity index (χ2v) is 8.86. The molecule has 4 aromatic rings. The number of hydrogen-bond donors (Lipinski definition) is 1. The van der Waals surface area contributed by atoms with Crippen molar-refractivity contribution in [1.29, 1.82) is 0 Å². The summed E-state index contributed by atoms with van der Waals surface area (Å²) < 4.78 is 41.4. The van der Waals surface area contributed by atoms with Gasteiger partial charge in [0.25, 0.3) is 5.91 Å². The zero-order valence-corrected chi connectivity index (χ0v) is 19.9. The topological polar surface area (TPSA) is 91.2 Å². The highest BCUT2D eigenvalue weighted by atomic mass is 19.1. The number of aromatic nitrogens is 4. The molecule has 0 bridgehead atoms. The highest BCUT2D eigenvalue weighted by molar-refractivity contribution is 5.98. The molecule has 1 saturated heterocycles. The van der Waals surface area contributed by atoms with Gasteiger partial charge in [-0.2, -0.15) is 5.10 Å². The Morgan fingerprint density at radius 2 is 2.08 bits per heavy atom. The lowest BCUT2D eigenvalue weighted by Gasteiger charge is -2.19. The summed E-state index contributed by atoms with van der Waals surface area (Å²) in [6, 6.07) is 6.41. The summed E-state index contributed by atoms with van der Waals surface area (Å²) in [5, 5.41) is 7.29. The van der Waals surface area contributed by atoms with Crippen molar-refractivity contribution >= 4 is 16.8 Å². The predicted octanol–water partition coefficient (Wildman–Crippen LogP) is 3.75. The van der Waals surface area contributed by atoms with E-state index < -0.39 is 23.6 Å². The van der Waals surface area contributed by atoms with Crippen LogP contribution in [0.1, 0.15) is 39.8 Å². The number of benzene rings is 2. The number of carbonyl (C=O) groups is 1. The average Bonchev–Trinajstić information content (AvgIpc) is 3.53. The summed E-state index contributed by atoms with van der Waals surface area (Å²) in [5.41, 5.74) is 1.56. The Morgan fingerprint density at radius 3 is 2.78 bits per heavy atom. The molecule has 0 unspecified atom stereocenters. The Bertz CT molecular complexity index is 1420. The van der Waals surface area contributed by atoms with Crippen molar-refractivity contribution in [3.63, 3.8) is 0 Å². The lowest BCUT2D eigenvalue weighted by Crippen LogP contribution is -2.29. The third kappa shape index (κ3) is 4.90. The summed E-state index contributed by atoms with van der Waals surface area (Å²) in [6.07, 6.45) is 6.31. The molecule has 36 heavy (non-hydrogen) atoms. The third-order valence-electron chi connectivity index (χ3n) is 6.30. The average molecular weight is 494 g/mol. The lowest BCUT2D eigenvalue weighted by atomic mass is 10.00. The van der Waals surface area contributed by atoms with E-state index in [0.29, 0.717) is 48.0 Å². The van der Waals surface area contributed by atoms with Gasteiger partial charge in [0.2, 0.25) is 0 Å². The second kappa shape index (κ2) is 9.98. The molecule has 1 aliphatic rings. The van der Waals surface area contributed by atoms with Gasteiger partial charge in [0.15, 0.2) is 11.6 Å². The van der Waals surface area contributed by atoms with Gasteiger partial charge in [-0.3, -0.25) is 9.48 Å². The fraction of sp³-hybridized carbons (Fsp3) is 0.308. The van der Waals surface area contributed by atoms with E-state index in [2.05, 4.69) is 20.4 Å². The first-order chi connectivity index (χ1) is 17.4. The molecule has 0 radical (unpaired) electrons. The van der Waals surface area contributed by atoms with E-state index in [1.165, 1.54) is 25.4 Å². The Labute approximate surface area is 206 Å². The number of rotatable bonds is 7. The zero-order valence-electron chi connectivity index (χ0n) is 19.9. The Balaban J connectivity index is 1.46. The maximum absolute atomic E-state index is 14.9. The van der Waals surface area contributed by atoms with Crippen LogP contribution in [0.3, 0.4) is 0 Å². The van der Waals surface area contributed by atoms with E-state index in [1.807, 2.05) is 0 Å². The van der Waals surface area contributed by atoms with Crippen molar-refractivity contribution < 1.29 is 23.0 Å². The van der Waals surface area contributed by atoms with Gasteiger partial charge in [-0.15, -0.1) is 0 Å². The van der Waals surface area contributed by atoms with Gasteiger partial charge in [-0.25, -0.2) is 18.7 Å². The smallest absolute Gasteiger partial charge is 0.252 e. The maximum atomic E-state index is 14.9. The Hall–Kier alpha value is -3.92. The van der Waals surface area contributed by atoms with Gasteiger partial charge in [-0.1, -0.05) is 6.07 Å². The molecule has 0 spiro atoms. The SMILES string of the molecule is COc1ccc([C@H](NC(=O)c2cc(F)c3cnc(C[C@H]4CCOC4)nc3c2)c2cnn(C)c2)cc1F. The van der Waals surface area contributed by atoms with Gasteiger partial charge >= 0.3 is 0 Å². The molecular formula is C26H25F2N5O3. The molecule has 2 aromatic carbocycles. The van der Waals surface area contributed by atoms with E-state index in [4.69, 9.17) is 9.47 Å². The van der Waals surface area contributed by atoms with Crippen LogP contribution in [0.2, 0.25) is 0 Å². The highest BCUT2D eigenvalue weighted by Crippen LogP contribution is 2.27. The number of fused-ring (bicyclic) bond motifs is 1. The first-order valence-electron chi connectivity index (χ1n) is 11.6. The van der Waals surface area contributed by atoms with E-state index in [-0.39, 0.29) is 16.7 Å². The number of halogens is 2. The van der Waals surface area contributed by atoms with Crippen LogP contribution in [0.4, 0.5) is 8.78 Å². The van der Waals surface area contributed by atoms with Crippen LogP contribution in [0.25, 0.3) is 10.9 Å². The molecular weight excluding hydrogens is 468 g/mol. The van der Waals surface area contributed by atoms with Crippen LogP contribution in [-0.2, 0) is 18.2 Å². The van der Waals surface area contributed by atoms with Crippen molar-refractivity contribution in [3.05, 3.63) is 83.1 Å². The number of nitrogens with one attached hydrogen (secondary N) is 1. The summed E-state index contributed by atoms with van der Waals surface area (Å²) in [6.45, 7) is 1.37. The van der Waals surface area contributed by atoms with Crippen LogP contribution in [-0.4, -0.2) is 46.0 Å². The number of ether oxygens (including phenoxy) is 2. The zero-order chi connectivity index (χ0) is 25.2. The van der Waals surface area contributed by atoms with Gasteiger partial charge < -0.3 is 14.8 Å². The van der Waals surface area contributed by atoms with Crippen LogP contribution < -0.4 is 10.1 Å². The maximum Gasteiger partial charge on any atom is 0.252 e. The van der Waals surface area contributed by atoms with Crippen molar-refractivity contribution in [2.24, 2.45) is 13.0 Å². The van der Waals surface area contributed by atoms with Gasteiger partial charge in [0.1, 0.15) is 11.6 Å². The first kappa shape index (κ1) is 23.8. The number of aryl methyl sites for hydroxylation is 1. The molecule has 1 aliphatic heterocycles. The molecule has 5 rings (SSSR count). The Morgan fingerprint density at radius 1 is 1.22 bits per heavy atom. The minimum Gasteiger partial charge on any atom is -0.494 e. The van der Waals surface area contributed by atoms with Crippen LogP contribution in [0.5, 0.6) is 5.75 Å². The largest absolute Gasteiger partial charge is 0.494 e. The molecule has 186 valence electrons. The molecule has 10 heteroatoms. The molecule has 1 N–H and O–H groups in total. The molecule has 3 heterocycles. The molecule has 8 nitrogen and oxygen atoms in total. The van der Waals surface area contributed by atoms with Crippen LogP contribution in [0, 0.1) is 17.6 Å². The quantitative estimate of drug-likeness (QED) is 0.422. The molecule has 0 saturated carbocycles. The van der Waals surface area contributed by atoms with Crippen LogP contribution in [0.15, 0.2) is 48.9 Å². The van der Waals surface area contributed by atoms with Crippen molar-refractivity contribution in [2.75, 3.05) is 20.3 Å². The summed E-state index contributed by atoms with van der Waals surface area (Å²) in [4.78, 5) is 22.1. The fourth-order valence-corrected chi connectivity index (χ4v) is 4.39. The van der Waals surface area contributed by atoms with Crippen molar-refractivity contribution in [3.8, 4) is 5.75 Å². The number of hydrogen-bond acceptors (Lipinski definition) is 6. The monoisotopic (exact) mass is 493 g/mol. The molecule has 2 aromatic heterocycles. The van der Waals surface area contributed by atoms with Gasteiger partial charge in [0, 0.05) is 50.2 Å².